The van der Waals surface area contributed by atoms with Crippen molar-refractivity contribution in [2.75, 3.05) is 25.5 Å². The van der Waals surface area contributed by atoms with Crippen molar-refractivity contribution in [2.45, 2.75) is 13.3 Å². The Labute approximate surface area is 165 Å². The molecule has 1 aromatic carbocycles. The Morgan fingerprint density at radius 3 is 2.54 bits per heavy atom. The van der Waals surface area contributed by atoms with Crippen LogP contribution in [-0.4, -0.2) is 41.0 Å². The molecule has 0 bridgehead atoms. The lowest BCUT2D eigenvalue weighted by atomic mass is 10.2. The van der Waals surface area contributed by atoms with E-state index in [9.17, 15) is 4.79 Å². The molecular formula is C22H24N4O2. The van der Waals surface area contributed by atoms with Gasteiger partial charge in [-0.05, 0) is 67.4 Å². The zero-order valence-corrected chi connectivity index (χ0v) is 16.1. The van der Waals surface area contributed by atoms with Crippen LogP contribution in [0.1, 0.15) is 22.8 Å². The van der Waals surface area contributed by atoms with Gasteiger partial charge in [0.25, 0.3) is 5.91 Å². The second-order valence-corrected chi connectivity index (χ2v) is 6.34. The number of benzene rings is 1. The number of likely N-dealkylation sites (N-methyl/N-ethyl adjacent to an activating group) is 1. The highest BCUT2D eigenvalue weighted by molar-refractivity contribution is 5.94. The largest absolute Gasteiger partial charge is 0.494 e. The molecule has 3 aromatic rings. The van der Waals surface area contributed by atoms with Gasteiger partial charge in [0.05, 0.1) is 6.61 Å². The van der Waals surface area contributed by atoms with Crippen molar-refractivity contribution in [1.29, 1.82) is 0 Å². The van der Waals surface area contributed by atoms with Gasteiger partial charge in [0.1, 0.15) is 11.6 Å². The van der Waals surface area contributed by atoms with E-state index in [4.69, 9.17) is 4.74 Å². The molecule has 0 saturated heterocycles. The quantitative estimate of drug-likeness (QED) is 0.645. The number of hydrogen-bond donors (Lipinski definition) is 1. The molecule has 0 fully saturated rings. The van der Waals surface area contributed by atoms with Crippen LogP contribution in [0.5, 0.6) is 5.75 Å². The monoisotopic (exact) mass is 376 g/mol. The lowest BCUT2D eigenvalue weighted by Gasteiger charge is -2.17. The van der Waals surface area contributed by atoms with E-state index in [1.807, 2.05) is 50.4 Å². The summed E-state index contributed by atoms with van der Waals surface area (Å²) in [5.74, 6) is 1.41. The predicted octanol–water partition coefficient (Wildman–Crippen LogP) is 3.93. The third kappa shape index (κ3) is 5.30. The smallest absolute Gasteiger partial charge is 0.253 e. The number of anilines is 2. The fraction of sp³-hybridized carbons (Fsp3) is 0.227. The van der Waals surface area contributed by atoms with Crippen molar-refractivity contribution in [3.8, 4) is 5.75 Å². The summed E-state index contributed by atoms with van der Waals surface area (Å²) in [6, 6.07) is 15.1. The van der Waals surface area contributed by atoms with Gasteiger partial charge in [0.15, 0.2) is 0 Å². The summed E-state index contributed by atoms with van der Waals surface area (Å²) in [6.45, 7) is 3.21. The maximum absolute atomic E-state index is 12.7. The van der Waals surface area contributed by atoms with Crippen molar-refractivity contribution in [2.24, 2.45) is 0 Å². The molecule has 6 nitrogen and oxygen atoms in total. The molecule has 0 unspecified atom stereocenters. The van der Waals surface area contributed by atoms with Crippen LogP contribution >= 0.6 is 0 Å². The minimum absolute atomic E-state index is 0.0359. The first-order valence-electron chi connectivity index (χ1n) is 9.26. The number of amides is 1. The van der Waals surface area contributed by atoms with Gasteiger partial charge in [-0.25, -0.2) is 4.98 Å². The molecule has 0 aliphatic carbocycles. The molecule has 3 rings (SSSR count). The molecule has 6 heteroatoms. The predicted molar refractivity (Wildman–Crippen MR) is 110 cm³/mol. The molecule has 1 amide bonds. The van der Waals surface area contributed by atoms with Crippen LogP contribution in [0, 0.1) is 0 Å². The van der Waals surface area contributed by atoms with E-state index in [-0.39, 0.29) is 5.91 Å². The summed E-state index contributed by atoms with van der Waals surface area (Å²) in [5.41, 5.74) is 2.63. The van der Waals surface area contributed by atoms with Gasteiger partial charge in [-0.15, -0.1) is 0 Å². The minimum atomic E-state index is -0.0359. The van der Waals surface area contributed by atoms with E-state index in [1.165, 1.54) is 0 Å². The first kappa shape index (κ1) is 19.4. The average Bonchev–Trinajstić information content (AvgIpc) is 2.74. The highest BCUT2D eigenvalue weighted by atomic mass is 16.5. The van der Waals surface area contributed by atoms with E-state index in [2.05, 4.69) is 15.3 Å². The van der Waals surface area contributed by atoms with E-state index in [0.29, 0.717) is 24.5 Å². The molecule has 144 valence electrons. The van der Waals surface area contributed by atoms with Gasteiger partial charge in [0.2, 0.25) is 0 Å². The summed E-state index contributed by atoms with van der Waals surface area (Å²) in [7, 11) is 1.81. The molecule has 0 aliphatic heterocycles. The fourth-order valence-electron chi connectivity index (χ4n) is 2.75. The van der Waals surface area contributed by atoms with Crippen molar-refractivity contribution in [3.05, 3.63) is 78.2 Å². The van der Waals surface area contributed by atoms with Gasteiger partial charge < -0.3 is 15.0 Å². The number of hydrogen-bond acceptors (Lipinski definition) is 5. The Morgan fingerprint density at radius 2 is 1.82 bits per heavy atom. The SMILES string of the molecule is CCOc1ccc(Nc2cc(C(=O)N(C)CCc3ccncc3)ccn2)cc1. The Bertz CT molecular complexity index is 898. The Morgan fingerprint density at radius 1 is 1.07 bits per heavy atom. The normalized spacial score (nSPS) is 10.4. The summed E-state index contributed by atoms with van der Waals surface area (Å²) in [5, 5.41) is 3.22. The number of pyridine rings is 2. The highest BCUT2D eigenvalue weighted by Gasteiger charge is 2.12. The summed E-state index contributed by atoms with van der Waals surface area (Å²) in [4.78, 5) is 22.8. The van der Waals surface area contributed by atoms with Gasteiger partial charge in [-0.1, -0.05) is 0 Å². The lowest BCUT2D eigenvalue weighted by Crippen LogP contribution is -2.28. The number of nitrogens with one attached hydrogen (secondary N) is 1. The van der Waals surface area contributed by atoms with Crippen LogP contribution < -0.4 is 10.1 Å². The molecule has 2 heterocycles. The van der Waals surface area contributed by atoms with Crippen LogP contribution in [0.2, 0.25) is 0 Å². The first-order valence-corrected chi connectivity index (χ1v) is 9.26. The minimum Gasteiger partial charge on any atom is -0.494 e. The highest BCUT2D eigenvalue weighted by Crippen LogP contribution is 2.20. The van der Waals surface area contributed by atoms with E-state index in [1.54, 1.807) is 35.6 Å². The zero-order valence-electron chi connectivity index (χ0n) is 16.1. The topological polar surface area (TPSA) is 67.3 Å². The molecule has 0 spiro atoms. The molecule has 2 aromatic heterocycles. The standard InChI is InChI=1S/C22H24N4O2/c1-3-28-20-6-4-19(5-7-20)25-21-16-18(10-14-24-21)22(27)26(2)15-11-17-8-12-23-13-9-17/h4-10,12-14,16H,3,11,15H2,1-2H3,(H,24,25). The van der Waals surface area contributed by atoms with Crippen LogP contribution in [0.25, 0.3) is 0 Å². The third-order valence-corrected chi connectivity index (χ3v) is 4.28. The van der Waals surface area contributed by atoms with Gasteiger partial charge in [-0.3, -0.25) is 9.78 Å². The molecule has 0 atom stereocenters. The van der Waals surface area contributed by atoms with Crippen LogP contribution in [0.4, 0.5) is 11.5 Å². The Hall–Kier alpha value is -3.41. The van der Waals surface area contributed by atoms with Gasteiger partial charge >= 0.3 is 0 Å². The van der Waals surface area contributed by atoms with Crippen LogP contribution in [-0.2, 0) is 6.42 Å². The van der Waals surface area contributed by atoms with Crippen molar-refractivity contribution < 1.29 is 9.53 Å². The first-order chi connectivity index (χ1) is 13.7. The number of carbonyl (C=O) groups excluding carboxylic acids is 1. The molecule has 0 radical (unpaired) electrons. The zero-order chi connectivity index (χ0) is 19.8. The third-order valence-electron chi connectivity index (χ3n) is 4.28. The number of ether oxygens (including phenoxy) is 1. The number of aromatic nitrogens is 2. The van der Waals surface area contributed by atoms with E-state index >= 15 is 0 Å². The summed E-state index contributed by atoms with van der Waals surface area (Å²) < 4.78 is 5.45. The fourth-order valence-corrected chi connectivity index (χ4v) is 2.75. The van der Waals surface area contributed by atoms with Crippen molar-refractivity contribution in [3.63, 3.8) is 0 Å². The number of rotatable bonds is 8. The molecule has 1 N–H and O–H groups in total. The second-order valence-electron chi connectivity index (χ2n) is 6.34. The Balaban J connectivity index is 1.62. The lowest BCUT2D eigenvalue weighted by molar-refractivity contribution is 0.0796. The summed E-state index contributed by atoms with van der Waals surface area (Å²) in [6.07, 6.45) is 5.95. The maximum atomic E-state index is 12.7. The van der Waals surface area contributed by atoms with Crippen molar-refractivity contribution >= 4 is 17.4 Å². The van der Waals surface area contributed by atoms with E-state index in [0.717, 1.165) is 23.4 Å². The van der Waals surface area contributed by atoms with Crippen LogP contribution in [0.15, 0.2) is 67.1 Å². The second kappa shape index (κ2) is 9.50. The van der Waals surface area contributed by atoms with Gasteiger partial charge in [-0.2, -0.15) is 0 Å². The van der Waals surface area contributed by atoms with Crippen molar-refractivity contribution in [1.82, 2.24) is 14.9 Å². The summed E-state index contributed by atoms with van der Waals surface area (Å²) >= 11 is 0. The molecule has 28 heavy (non-hydrogen) atoms. The Kier molecular flexibility index (Phi) is 6.57. The molecule has 0 saturated carbocycles. The molecule has 0 aliphatic rings. The van der Waals surface area contributed by atoms with E-state index < -0.39 is 0 Å². The number of carbonyl (C=O) groups is 1. The number of nitrogens with zero attached hydrogens (tertiary/aromatic N) is 3. The molecular weight excluding hydrogens is 352 g/mol. The van der Waals surface area contributed by atoms with Crippen LogP contribution in [0.3, 0.4) is 0 Å². The maximum Gasteiger partial charge on any atom is 0.253 e. The van der Waals surface area contributed by atoms with Gasteiger partial charge in [0, 0.05) is 43.4 Å². The average molecular weight is 376 g/mol.